The highest BCUT2D eigenvalue weighted by Gasteiger charge is 2.36. The van der Waals surface area contributed by atoms with Crippen molar-refractivity contribution in [3.8, 4) is 0 Å². The lowest BCUT2D eigenvalue weighted by Gasteiger charge is -2.21. The molecule has 0 amide bonds. The number of hydrogen-bond donors (Lipinski definition) is 2. The van der Waals surface area contributed by atoms with Crippen LogP contribution in [0, 0.1) is 0 Å². The van der Waals surface area contributed by atoms with Gasteiger partial charge in [0.25, 0.3) is 0 Å². The molecule has 0 heterocycles. The van der Waals surface area contributed by atoms with Crippen LogP contribution in [0.3, 0.4) is 0 Å². The monoisotopic (exact) mass is 173 g/mol. The molecular weight excluding hydrogens is 164 g/mol. The summed E-state index contributed by atoms with van der Waals surface area (Å²) < 4.78 is 14.4. The van der Waals surface area contributed by atoms with Gasteiger partial charge < -0.3 is 10.6 Å². The first-order chi connectivity index (χ1) is 3.81. The molecule has 1 atom stereocenters. The Kier molecular flexibility index (Phi) is 2.68. The highest BCUT2D eigenvalue weighted by Crippen LogP contribution is 2.52. The molecule has 0 aliphatic carbocycles. The van der Waals surface area contributed by atoms with Crippen molar-refractivity contribution in [2.24, 2.45) is 5.73 Å². The van der Waals surface area contributed by atoms with Gasteiger partial charge in [-0.2, -0.15) is 4.08 Å². The minimum absolute atomic E-state index is 1.30. The first-order valence-corrected chi connectivity index (χ1v) is 4.12. The molecule has 0 aromatic carbocycles. The van der Waals surface area contributed by atoms with Crippen LogP contribution in [-0.2, 0) is 8.64 Å². The van der Waals surface area contributed by atoms with Crippen LogP contribution in [0.1, 0.15) is 13.8 Å². The van der Waals surface area contributed by atoms with E-state index in [-0.39, 0.29) is 0 Å². The van der Waals surface area contributed by atoms with E-state index < -0.39 is 12.9 Å². The lowest BCUT2D eigenvalue weighted by Crippen LogP contribution is -2.31. The predicted octanol–water partition coefficient (Wildman–Crippen LogP) is 1.04. The van der Waals surface area contributed by atoms with Crippen molar-refractivity contribution >= 4 is 19.5 Å². The van der Waals surface area contributed by atoms with Crippen LogP contribution in [0.25, 0.3) is 0 Å². The molecule has 0 fully saturated rings. The second kappa shape index (κ2) is 2.56. The van der Waals surface area contributed by atoms with Crippen LogP contribution in [0.5, 0.6) is 0 Å². The summed E-state index contributed by atoms with van der Waals surface area (Å²) in [7, 11) is -3.81. The molecule has 0 aliphatic heterocycles. The van der Waals surface area contributed by atoms with Crippen LogP contribution in [-0.4, -0.2) is 10.2 Å². The Labute approximate surface area is 58.7 Å². The quantitative estimate of drug-likeness (QED) is 0.612. The molecule has 0 aromatic rings. The van der Waals surface area contributed by atoms with Crippen molar-refractivity contribution in [2.45, 2.75) is 19.1 Å². The number of halogens is 1. The highest BCUT2D eigenvalue weighted by molar-refractivity contribution is 7.55. The fraction of sp³-hybridized carbons (Fsp3) is 1.00. The van der Waals surface area contributed by atoms with Crippen LogP contribution in [0.15, 0.2) is 0 Å². The molecular formula is C3H9ClNO3P. The van der Waals surface area contributed by atoms with E-state index in [1.54, 1.807) is 0 Å². The minimum atomic E-state index is -3.81. The van der Waals surface area contributed by atoms with Crippen molar-refractivity contribution in [2.75, 3.05) is 0 Å². The van der Waals surface area contributed by atoms with Gasteiger partial charge in [-0.25, -0.2) is 0 Å². The number of rotatable bonds is 2. The molecule has 0 saturated carbocycles. The van der Waals surface area contributed by atoms with Gasteiger partial charge in [0.1, 0.15) is 5.28 Å². The normalized spacial score (nSPS) is 19.2. The third-order valence-electron chi connectivity index (χ3n) is 0.822. The molecule has 0 saturated heterocycles. The number of hydrogen-bond acceptors (Lipinski definition) is 3. The lowest BCUT2D eigenvalue weighted by molar-refractivity contribution is 0.357. The van der Waals surface area contributed by atoms with Crippen LogP contribution < -0.4 is 5.73 Å². The Bertz CT molecular complexity index is 142. The first-order valence-electron chi connectivity index (χ1n) is 2.23. The van der Waals surface area contributed by atoms with Gasteiger partial charge >= 0.3 is 7.60 Å². The summed E-state index contributed by atoms with van der Waals surface area (Å²) in [6.45, 7) is 2.71. The molecule has 4 nitrogen and oxygen atoms in total. The molecule has 0 aliphatic rings. The molecule has 0 radical (unpaired) electrons. The Morgan fingerprint density at radius 3 is 2.11 bits per heavy atom. The molecule has 9 heavy (non-hydrogen) atoms. The van der Waals surface area contributed by atoms with E-state index in [4.69, 9.17) is 10.6 Å². The van der Waals surface area contributed by atoms with Gasteiger partial charge in [-0.3, -0.25) is 4.57 Å². The highest BCUT2D eigenvalue weighted by atomic mass is 35.5. The van der Waals surface area contributed by atoms with E-state index in [0.717, 1.165) is 0 Å². The van der Waals surface area contributed by atoms with Crippen LogP contribution in [0.2, 0.25) is 0 Å². The summed E-state index contributed by atoms with van der Waals surface area (Å²) in [5, 5.41) is -1.30. The molecule has 1 unspecified atom stereocenters. The second-order valence-electron chi connectivity index (χ2n) is 2.24. The summed E-state index contributed by atoms with van der Waals surface area (Å²) in [6, 6.07) is 0. The average Bonchev–Trinajstić information content (AvgIpc) is 1.64. The summed E-state index contributed by atoms with van der Waals surface area (Å²) >= 11 is 4.68. The van der Waals surface area contributed by atoms with E-state index in [0.29, 0.717) is 0 Å². The van der Waals surface area contributed by atoms with Gasteiger partial charge in [-0.1, -0.05) is 0 Å². The zero-order chi connectivity index (χ0) is 7.71. The SMILES string of the molecule is CC(C)(N)P(=O)(O)OCl. The molecule has 6 heteroatoms. The zero-order valence-corrected chi connectivity index (χ0v) is 6.82. The van der Waals surface area contributed by atoms with Gasteiger partial charge in [-0.15, -0.1) is 0 Å². The Hall–Kier alpha value is 0.400. The lowest BCUT2D eigenvalue weighted by atomic mass is 10.4. The van der Waals surface area contributed by atoms with Crippen molar-refractivity contribution in [1.82, 2.24) is 0 Å². The Balaban J connectivity index is 4.35. The Morgan fingerprint density at radius 1 is 1.78 bits per heavy atom. The maximum absolute atomic E-state index is 10.7. The maximum Gasteiger partial charge on any atom is 0.363 e. The third kappa shape index (κ3) is 2.24. The Morgan fingerprint density at radius 2 is 2.11 bits per heavy atom. The maximum atomic E-state index is 10.7. The van der Waals surface area contributed by atoms with Gasteiger partial charge in [-0.05, 0) is 13.8 Å². The third-order valence-corrected chi connectivity index (χ3v) is 3.03. The van der Waals surface area contributed by atoms with Crippen molar-refractivity contribution < 1.29 is 13.5 Å². The topological polar surface area (TPSA) is 72.6 Å². The molecule has 0 aromatic heterocycles. The average molecular weight is 174 g/mol. The summed E-state index contributed by atoms with van der Waals surface area (Å²) in [6.07, 6.45) is 0. The van der Waals surface area contributed by atoms with Gasteiger partial charge in [0.2, 0.25) is 0 Å². The van der Waals surface area contributed by atoms with E-state index >= 15 is 0 Å². The molecule has 3 N–H and O–H groups in total. The van der Waals surface area contributed by atoms with Gasteiger partial charge in [0, 0.05) is 0 Å². The van der Waals surface area contributed by atoms with Crippen LogP contribution in [0.4, 0.5) is 0 Å². The smallest absolute Gasteiger partial charge is 0.322 e. The van der Waals surface area contributed by atoms with E-state index in [2.05, 4.69) is 15.9 Å². The molecule has 56 valence electrons. The van der Waals surface area contributed by atoms with E-state index in [1.807, 2.05) is 0 Å². The van der Waals surface area contributed by atoms with Crippen molar-refractivity contribution in [3.05, 3.63) is 0 Å². The van der Waals surface area contributed by atoms with Crippen molar-refractivity contribution in [3.63, 3.8) is 0 Å². The van der Waals surface area contributed by atoms with E-state index in [9.17, 15) is 4.57 Å². The van der Waals surface area contributed by atoms with Crippen molar-refractivity contribution in [1.29, 1.82) is 0 Å². The van der Waals surface area contributed by atoms with Crippen LogP contribution >= 0.6 is 19.5 Å². The predicted molar refractivity (Wildman–Crippen MR) is 35.0 cm³/mol. The van der Waals surface area contributed by atoms with Gasteiger partial charge in [0.05, 0.1) is 11.9 Å². The zero-order valence-electron chi connectivity index (χ0n) is 5.17. The first kappa shape index (κ1) is 9.40. The molecule has 0 rings (SSSR count). The summed E-state index contributed by atoms with van der Waals surface area (Å²) in [5.41, 5.74) is 5.20. The number of nitrogens with two attached hydrogens (primary N) is 1. The summed E-state index contributed by atoms with van der Waals surface area (Å²) in [5.74, 6) is 0. The minimum Gasteiger partial charge on any atom is -0.322 e. The molecule has 0 spiro atoms. The van der Waals surface area contributed by atoms with Gasteiger partial charge in [0.15, 0.2) is 0 Å². The fourth-order valence-electron chi connectivity index (χ4n) is 0.0889. The second-order valence-corrected chi connectivity index (χ2v) is 4.99. The molecule has 0 bridgehead atoms. The largest absolute Gasteiger partial charge is 0.363 e. The standard InChI is InChI=1S/C3H9ClNO3P/c1-3(2,5)9(6,7)8-4/h5H2,1-2H3,(H,6,7). The summed E-state index contributed by atoms with van der Waals surface area (Å²) in [4.78, 5) is 8.74. The fourth-order valence-corrected chi connectivity index (χ4v) is 0.800. The van der Waals surface area contributed by atoms with E-state index in [1.165, 1.54) is 13.8 Å².